The van der Waals surface area contributed by atoms with Gasteiger partial charge in [0.1, 0.15) is 11.3 Å². The topological polar surface area (TPSA) is 75.6 Å². The monoisotopic (exact) mass is 327 g/mol. The highest BCUT2D eigenvalue weighted by Gasteiger charge is 2.21. The number of carbonyl (C=O) groups is 2. The van der Waals surface area contributed by atoms with Crippen LogP contribution in [0.2, 0.25) is 0 Å². The molecule has 1 unspecified atom stereocenters. The molecule has 5 heteroatoms. The van der Waals surface area contributed by atoms with Crippen molar-refractivity contribution in [2.45, 2.75) is 33.3 Å². The summed E-state index contributed by atoms with van der Waals surface area (Å²) in [4.78, 5) is 24.2. The quantitative estimate of drug-likeness (QED) is 0.825. The van der Waals surface area contributed by atoms with Gasteiger partial charge in [-0.3, -0.25) is 4.79 Å². The van der Waals surface area contributed by atoms with E-state index in [1.807, 2.05) is 12.1 Å². The van der Waals surface area contributed by atoms with E-state index in [-0.39, 0.29) is 11.3 Å². The lowest BCUT2D eigenvalue weighted by molar-refractivity contribution is -0.123. The van der Waals surface area contributed by atoms with Crippen molar-refractivity contribution in [3.8, 4) is 5.75 Å². The zero-order valence-corrected chi connectivity index (χ0v) is 14.0. The number of benzene rings is 2. The highest BCUT2D eigenvalue weighted by Crippen LogP contribution is 2.20. The van der Waals surface area contributed by atoms with Gasteiger partial charge in [-0.1, -0.05) is 25.1 Å². The van der Waals surface area contributed by atoms with E-state index in [1.54, 1.807) is 25.1 Å². The number of phenols is 1. The van der Waals surface area contributed by atoms with Crippen LogP contribution in [0.25, 0.3) is 0 Å². The molecular formula is C19H21NO4. The average Bonchev–Trinajstić information content (AvgIpc) is 2.55. The summed E-state index contributed by atoms with van der Waals surface area (Å²) < 4.78 is 5.13. The molecule has 1 atom stereocenters. The summed E-state index contributed by atoms with van der Waals surface area (Å²) in [5.41, 5.74) is 2.67. The summed E-state index contributed by atoms with van der Waals surface area (Å²) in [5.74, 6) is -1.33. The van der Waals surface area contributed by atoms with Gasteiger partial charge >= 0.3 is 5.97 Å². The van der Waals surface area contributed by atoms with Crippen molar-refractivity contribution >= 4 is 17.6 Å². The van der Waals surface area contributed by atoms with Gasteiger partial charge in [0.2, 0.25) is 0 Å². The van der Waals surface area contributed by atoms with Gasteiger partial charge in [-0.25, -0.2) is 4.79 Å². The van der Waals surface area contributed by atoms with Crippen molar-refractivity contribution in [2.75, 3.05) is 5.32 Å². The number of aryl methyl sites for hydroxylation is 2. The summed E-state index contributed by atoms with van der Waals surface area (Å²) in [6.45, 7) is 5.34. The van der Waals surface area contributed by atoms with Crippen molar-refractivity contribution in [3.63, 3.8) is 0 Å². The highest BCUT2D eigenvalue weighted by molar-refractivity contribution is 5.98. The molecule has 0 saturated heterocycles. The number of hydrogen-bond donors (Lipinski definition) is 2. The molecule has 126 valence electrons. The first kappa shape index (κ1) is 17.5. The molecule has 0 radical (unpaired) electrons. The molecule has 0 bridgehead atoms. The Morgan fingerprint density at radius 3 is 2.42 bits per heavy atom. The third kappa shape index (κ3) is 4.35. The van der Waals surface area contributed by atoms with E-state index < -0.39 is 18.0 Å². The largest absolute Gasteiger partial charge is 0.507 e. The molecule has 0 spiro atoms. The molecule has 2 N–H and O–H groups in total. The minimum absolute atomic E-state index is 0.0348. The lowest BCUT2D eigenvalue weighted by atomic mass is 10.1. The molecule has 2 rings (SSSR count). The Morgan fingerprint density at radius 2 is 1.83 bits per heavy atom. The first-order chi connectivity index (χ1) is 11.4. The Hall–Kier alpha value is -2.82. The third-order valence-electron chi connectivity index (χ3n) is 3.66. The molecule has 0 aliphatic heterocycles. The number of ether oxygens (including phenoxy) is 1. The minimum Gasteiger partial charge on any atom is -0.507 e. The van der Waals surface area contributed by atoms with Gasteiger partial charge in [-0.2, -0.15) is 0 Å². The molecule has 0 heterocycles. The fourth-order valence-corrected chi connectivity index (χ4v) is 2.16. The van der Waals surface area contributed by atoms with Gasteiger partial charge in [-0.15, -0.1) is 0 Å². The zero-order valence-electron chi connectivity index (χ0n) is 14.0. The van der Waals surface area contributed by atoms with Crippen LogP contribution < -0.4 is 5.32 Å². The van der Waals surface area contributed by atoms with E-state index in [2.05, 4.69) is 12.2 Å². The SMILES string of the molecule is CCc1ccc(NC(=O)C(C)OC(=O)c2ccc(C)cc2O)cc1. The molecule has 1 amide bonds. The Morgan fingerprint density at radius 1 is 1.17 bits per heavy atom. The Balaban J connectivity index is 1.98. The van der Waals surface area contributed by atoms with Gasteiger partial charge in [-0.05, 0) is 55.7 Å². The smallest absolute Gasteiger partial charge is 0.342 e. The van der Waals surface area contributed by atoms with Gasteiger partial charge in [0.25, 0.3) is 5.91 Å². The molecule has 24 heavy (non-hydrogen) atoms. The molecule has 2 aromatic carbocycles. The lowest BCUT2D eigenvalue weighted by Crippen LogP contribution is -2.30. The summed E-state index contributed by atoms with van der Waals surface area (Å²) in [6.07, 6.45) is -0.0634. The van der Waals surface area contributed by atoms with Crippen molar-refractivity contribution in [2.24, 2.45) is 0 Å². The van der Waals surface area contributed by atoms with E-state index in [0.717, 1.165) is 12.0 Å². The lowest BCUT2D eigenvalue weighted by Gasteiger charge is -2.14. The van der Waals surface area contributed by atoms with Gasteiger partial charge in [0.15, 0.2) is 6.10 Å². The fraction of sp³-hybridized carbons (Fsp3) is 0.263. The first-order valence-corrected chi connectivity index (χ1v) is 7.81. The van der Waals surface area contributed by atoms with Crippen molar-refractivity contribution < 1.29 is 19.4 Å². The zero-order chi connectivity index (χ0) is 17.7. The maximum atomic E-state index is 12.1. The summed E-state index contributed by atoms with van der Waals surface area (Å²) in [7, 11) is 0. The van der Waals surface area contributed by atoms with Crippen LogP contribution in [0, 0.1) is 6.92 Å². The van der Waals surface area contributed by atoms with Crippen LogP contribution >= 0.6 is 0 Å². The molecule has 5 nitrogen and oxygen atoms in total. The van der Waals surface area contributed by atoms with Crippen LogP contribution in [0.3, 0.4) is 0 Å². The number of rotatable bonds is 5. The number of esters is 1. The Kier molecular flexibility index (Phi) is 5.58. The number of amides is 1. The van der Waals surface area contributed by atoms with E-state index in [9.17, 15) is 14.7 Å². The van der Waals surface area contributed by atoms with Crippen LogP contribution in [-0.4, -0.2) is 23.1 Å². The maximum absolute atomic E-state index is 12.1. The van der Waals surface area contributed by atoms with E-state index in [0.29, 0.717) is 5.69 Å². The molecule has 0 aliphatic carbocycles. The Labute approximate surface area is 141 Å². The molecule has 0 fully saturated rings. The summed E-state index contributed by atoms with van der Waals surface area (Å²) in [5, 5.41) is 12.5. The fourth-order valence-electron chi connectivity index (χ4n) is 2.16. The second-order valence-corrected chi connectivity index (χ2v) is 5.61. The number of anilines is 1. The maximum Gasteiger partial charge on any atom is 0.342 e. The number of phenolic OH excluding ortho intramolecular Hbond substituents is 1. The Bertz CT molecular complexity index is 738. The second-order valence-electron chi connectivity index (χ2n) is 5.61. The van der Waals surface area contributed by atoms with E-state index in [4.69, 9.17) is 4.74 Å². The number of aromatic hydroxyl groups is 1. The van der Waals surface area contributed by atoms with Gasteiger partial charge < -0.3 is 15.2 Å². The summed E-state index contributed by atoms with van der Waals surface area (Å²) >= 11 is 0. The van der Waals surface area contributed by atoms with Gasteiger partial charge in [0, 0.05) is 5.69 Å². The normalized spacial score (nSPS) is 11.6. The average molecular weight is 327 g/mol. The number of nitrogens with one attached hydrogen (secondary N) is 1. The molecule has 0 aliphatic rings. The highest BCUT2D eigenvalue weighted by atomic mass is 16.5. The molecular weight excluding hydrogens is 306 g/mol. The van der Waals surface area contributed by atoms with Crippen LogP contribution in [0.5, 0.6) is 5.75 Å². The number of carbonyl (C=O) groups excluding carboxylic acids is 2. The van der Waals surface area contributed by atoms with Crippen molar-refractivity contribution in [1.29, 1.82) is 0 Å². The molecule has 0 aromatic heterocycles. The predicted molar refractivity (Wildman–Crippen MR) is 92.2 cm³/mol. The van der Waals surface area contributed by atoms with Crippen molar-refractivity contribution in [3.05, 3.63) is 59.2 Å². The standard InChI is InChI=1S/C19H21NO4/c1-4-14-6-8-15(9-7-14)20-18(22)13(3)24-19(23)16-10-5-12(2)11-17(16)21/h5-11,13,21H,4H2,1-3H3,(H,20,22). The molecule has 2 aromatic rings. The van der Waals surface area contributed by atoms with Gasteiger partial charge in [0.05, 0.1) is 0 Å². The summed E-state index contributed by atoms with van der Waals surface area (Å²) in [6, 6.07) is 12.1. The molecule has 0 saturated carbocycles. The predicted octanol–water partition coefficient (Wildman–Crippen LogP) is 3.45. The van der Waals surface area contributed by atoms with Crippen LogP contribution in [0.4, 0.5) is 5.69 Å². The van der Waals surface area contributed by atoms with Crippen molar-refractivity contribution in [1.82, 2.24) is 0 Å². The van der Waals surface area contributed by atoms with Crippen LogP contribution in [-0.2, 0) is 16.0 Å². The van der Waals surface area contributed by atoms with Crippen LogP contribution in [0.1, 0.15) is 35.3 Å². The van der Waals surface area contributed by atoms with E-state index >= 15 is 0 Å². The first-order valence-electron chi connectivity index (χ1n) is 7.81. The third-order valence-corrected chi connectivity index (χ3v) is 3.66. The number of hydrogen-bond acceptors (Lipinski definition) is 4. The van der Waals surface area contributed by atoms with E-state index in [1.165, 1.54) is 24.6 Å². The minimum atomic E-state index is -0.982. The van der Waals surface area contributed by atoms with Crippen LogP contribution in [0.15, 0.2) is 42.5 Å². The second kappa shape index (κ2) is 7.64.